The first-order valence-corrected chi connectivity index (χ1v) is 4.57. The molecule has 0 radical (unpaired) electrons. The molecule has 0 spiro atoms. The van der Waals surface area contributed by atoms with Crippen LogP contribution < -0.4 is 5.73 Å². The number of likely N-dealkylation sites (N-methyl/N-ethyl adjacent to an activating group) is 1. The maximum atomic E-state index is 11.9. The van der Waals surface area contributed by atoms with Crippen molar-refractivity contribution in [2.45, 2.75) is 44.4 Å². The Morgan fingerprint density at radius 3 is 1.93 bits per heavy atom. The van der Waals surface area contributed by atoms with E-state index in [2.05, 4.69) is 0 Å². The largest absolute Gasteiger partial charge is 0.389 e. The van der Waals surface area contributed by atoms with E-state index in [4.69, 9.17) is 5.73 Å². The smallest absolute Gasteiger partial charge is 0.326 e. The van der Waals surface area contributed by atoms with Crippen LogP contribution in [0.25, 0.3) is 0 Å². The van der Waals surface area contributed by atoms with Crippen LogP contribution in [-0.2, 0) is 0 Å². The average molecular weight is 212 g/mol. The summed E-state index contributed by atoms with van der Waals surface area (Å²) in [6.45, 7) is 3.68. The molecule has 0 aromatic heterocycles. The van der Waals surface area contributed by atoms with Crippen LogP contribution in [0.15, 0.2) is 0 Å². The Kier molecular flexibility index (Phi) is 4.39. The molecule has 0 bridgehead atoms. The summed E-state index contributed by atoms with van der Waals surface area (Å²) in [7, 11) is 3.63. The van der Waals surface area contributed by atoms with Gasteiger partial charge in [-0.25, -0.2) is 0 Å². The summed E-state index contributed by atoms with van der Waals surface area (Å²) >= 11 is 0. The van der Waals surface area contributed by atoms with Gasteiger partial charge in [-0.05, 0) is 34.4 Å². The van der Waals surface area contributed by atoms with Gasteiger partial charge in [0.25, 0.3) is 0 Å². The molecule has 0 aromatic rings. The zero-order chi connectivity index (χ0) is 11.6. The third kappa shape index (κ3) is 4.28. The highest BCUT2D eigenvalue weighted by atomic mass is 19.4. The minimum absolute atomic E-state index is 0.0331. The lowest BCUT2D eigenvalue weighted by atomic mass is 9.90. The van der Waals surface area contributed by atoms with Crippen molar-refractivity contribution in [3.63, 3.8) is 0 Å². The molecule has 0 aromatic carbocycles. The van der Waals surface area contributed by atoms with Crippen molar-refractivity contribution < 1.29 is 13.2 Å². The van der Waals surface area contributed by atoms with Crippen LogP contribution in [0.4, 0.5) is 13.2 Å². The summed E-state index contributed by atoms with van der Waals surface area (Å²) in [6.07, 6.45) is -4.96. The first-order chi connectivity index (χ1) is 6.07. The Bertz CT molecular complexity index is 175. The lowest BCUT2D eigenvalue weighted by Gasteiger charge is -2.38. The monoisotopic (exact) mass is 212 g/mol. The van der Waals surface area contributed by atoms with E-state index < -0.39 is 24.2 Å². The van der Waals surface area contributed by atoms with Gasteiger partial charge in [-0.3, -0.25) is 0 Å². The first-order valence-electron chi connectivity index (χ1n) is 4.57. The van der Waals surface area contributed by atoms with E-state index in [1.807, 2.05) is 32.8 Å². The molecular weight excluding hydrogens is 193 g/mol. The van der Waals surface area contributed by atoms with Gasteiger partial charge in [0.1, 0.15) is 0 Å². The number of nitrogens with zero attached hydrogens (tertiary/aromatic N) is 1. The average Bonchev–Trinajstić information content (AvgIpc) is 1.98. The topological polar surface area (TPSA) is 29.3 Å². The van der Waals surface area contributed by atoms with Gasteiger partial charge in [0, 0.05) is 18.0 Å². The van der Waals surface area contributed by atoms with Gasteiger partial charge in [-0.15, -0.1) is 0 Å². The molecule has 0 aliphatic rings. The fourth-order valence-electron chi connectivity index (χ4n) is 1.00. The van der Waals surface area contributed by atoms with Crippen LogP contribution in [0.1, 0.15) is 26.7 Å². The van der Waals surface area contributed by atoms with E-state index in [0.717, 1.165) is 0 Å². The normalized spacial score (nSPS) is 16.1. The van der Waals surface area contributed by atoms with E-state index in [1.54, 1.807) is 0 Å². The van der Waals surface area contributed by atoms with Crippen LogP contribution in [0.5, 0.6) is 0 Å². The second-order valence-corrected chi connectivity index (χ2v) is 4.31. The summed E-state index contributed by atoms with van der Waals surface area (Å²) in [5.74, 6) is 0. The summed E-state index contributed by atoms with van der Waals surface area (Å²) < 4.78 is 35.8. The minimum atomic E-state index is -4.11. The molecule has 0 rings (SSSR count). The number of nitrogens with two attached hydrogens (primary N) is 1. The van der Waals surface area contributed by atoms with Crippen LogP contribution in [-0.4, -0.2) is 36.8 Å². The van der Waals surface area contributed by atoms with E-state index in [9.17, 15) is 13.2 Å². The number of hydrogen-bond acceptors (Lipinski definition) is 2. The van der Waals surface area contributed by atoms with Crippen LogP contribution in [0.3, 0.4) is 0 Å². The molecule has 0 aliphatic heterocycles. The molecular formula is C9H19F3N2. The van der Waals surface area contributed by atoms with Crippen LogP contribution in [0, 0.1) is 0 Å². The Hall–Kier alpha value is -0.290. The quantitative estimate of drug-likeness (QED) is 0.772. The van der Waals surface area contributed by atoms with Gasteiger partial charge in [0.2, 0.25) is 0 Å². The first kappa shape index (κ1) is 13.7. The lowest BCUT2D eigenvalue weighted by Crippen LogP contribution is -2.53. The Morgan fingerprint density at radius 1 is 1.21 bits per heavy atom. The SMILES string of the molecule is CN(C)C(C)(C)C(N)CCC(F)(F)F. The van der Waals surface area contributed by atoms with Crippen molar-refractivity contribution >= 4 is 0 Å². The number of rotatable bonds is 4. The standard InChI is InChI=1S/C9H19F3N2/c1-8(2,14(3)4)7(13)5-6-9(10,11)12/h7H,5-6,13H2,1-4H3. The summed E-state index contributed by atoms with van der Waals surface area (Å²) in [5.41, 5.74) is 5.31. The molecule has 0 saturated heterocycles. The molecule has 2 N–H and O–H groups in total. The van der Waals surface area contributed by atoms with E-state index in [0.29, 0.717) is 0 Å². The van der Waals surface area contributed by atoms with Gasteiger partial charge in [0.15, 0.2) is 0 Å². The third-order valence-corrected chi connectivity index (χ3v) is 2.80. The second kappa shape index (κ2) is 4.49. The van der Waals surface area contributed by atoms with E-state index in [-0.39, 0.29) is 6.42 Å². The lowest BCUT2D eigenvalue weighted by molar-refractivity contribution is -0.137. The molecule has 0 saturated carbocycles. The predicted molar refractivity (Wildman–Crippen MR) is 51.0 cm³/mol. The van der Waals surface area contributed by atoms with Crippen LogP contribution in [0.2, 0.25) is 0 Å². The highest BCUT2D eigenvalue weighted by Crippen LogP contribution is 2.25. The van der Waals surface area contributed by atoms with Crippen molar-refractivity contribution in [3.8, 4) is 0 Å². The van der Waals surface area contributed by atoms with Gasteiger partial charge in [0.05, 0.1) is 0 Å². The molecule has 0 heterocycles. The molecule has 86 valence electrons. The van der Waals surface area contributed by atoms with E-state index in [1.165, 1.54) is 0 Å². The second-order valence-electron chi connectivity index (χ2n) is 4.31. The Labute approximate surface area is 83.3 Å². The van der Waals surface area contributed by atoms with Crippen molar-refractivity contribution in [2.24, 2.45) is 5.73 Å². The highest BCUT2D eigenvalue weighted by Gasteiger charge is 2.33. The van der Waals surface area contributed by atoms with Crippen molar-refractivity contribution in [2.75, 3.05) is 14.1 Å². The third-order valence-electron chi connectivity index (χ3n) is 2.80. The summed E-state index contributed by atoms with van der Waals surface area (Å²) in [6, 6.07) is -0.473. The molecule has 0 fully saturated rings. The molecule has 14 heavy (non-hydrogen) atoms. The van der Waals surface area contributed by atoms with Crippen molar-refractivity contribution in [1.82, 2.24) is 4.90 Å². The molecule has 0 amide bonds. The minimum Gasteiger partial charge on any atom is -0.326 e. The summed E-state index contributed by atoms with van der Waals surface area (Å²) in [4.78, 5) is 1.84. The molecule has 2 nitrogen and oxygen atoms in total. The maximum Gasteiger partial charge on any atom is 0.389 e. The van der Waals surface area contributed by atoms with Crippen molar-refractivity contribution in [1.29, 1.82) is 0 Å². The Morgan fingerprint density at radius 2 is 1.64 bits per heavy atom. The van der Waals surface area contributed by atoms with Gasteiger partial charge in [-0.1, -0.05) is 0 Å². The predicted octanol–water partition coefficient (Wildman–Crippen LogP) is 2.00. The molecule has 1 atom stereocenters. The molecule has 0 aliphatic carbocycles. The van der Waals surface area contributed by atoms with Crippen molar-refractivity contribution in [3.05, 3.63) is 0 Å². The number of alkyl halides is 3. The van der Waals surface area contributed by atoms with Gasteiger partial charge >= 0.3 is 6.18 Å². The number of halogens is 3. The number of hydrogen-bond donors (Lipinski definition) is 1. The maximum absolute atomic E-state index is 11.9. The van der Waals surface area contributed by atoms with Gasteiger partial charge in [-0.2, -0.15) is 13.2 Å². The van der Waals surface area contributed by atoms with E-state index >= 15 is 0 Å². The van der Waals surface area contributed by atoms with Gasteiger partial charge < -0.3 is 10.6 Å². The Balaban J connectivity index is 4.15. The fourth-order valence-corrected chi connectivity index (χ4v) is 1.00. The highest BCUT2D eigenvalue weighted by molar-refractivity contribution is 4.89. The summed E-state index contributed by atoms with van der Waals surface area (Å²) in [5, 5.41) is 0. The van der Waals surface area contributed by atoms with Crippen LogP contribution >= 0.6 is 0 Å². The molecule has 5 heteroatoms. The fraction of sp³-hybridized carbons (Fsp3) is 1.00. The zero-order valence-corrected chi connectivity index (χ0v) is 9.15. The molecule has 1 unspecified atom stereocenters. The zero-order valence-electron chi connectivity index (χ0n) is 9.15.